The van der Waals surface area contributed by atoms with E-state index in [2.05, 4.69) is 19.9 Å². The number of fused-ring (bicyclic) bond motifs is 5. The van der Waals surface area contributed by atoms with Crippen molar-refractivity contribution in [1.29, 1.82) is 0 Å². The van der Waals surface area contributed by atoms with Gasteiger partial charge in [-0.25, -0.2) is 0 Å². The molecule has 0 bridgehead atoms. The van der Waals surface area contributed by atoms with Crippen LogP contribution in [-0.2, 0) is 17.6 Å². The highest BCUT2D eigenvalue weighted by molar-refractivity contribution is 5.85. The average Bonchev–Trinajstić information content (AvgIpc) is 2.56. The monoisotopic (exact) mass is 326 g/mol. The predicted octanol–water partition coefficient (Wildman–Crippen LogP) is 5.16. The summed E-state index contributed by atoms with van der Waals surface area (Å²) >= 11 is 0. The Kier molecular flexibility index (Phi) is 3.97. The van der Waals surface area contributed by atoms with E-state index in [0.717, 1.165) is 50.5 Å². The van der Waals surface area contributed by atoms with Crippen LogP contribution in [0.5, 0.6) is 5.75 Å². The first-order chi connectivity index (χ1) is 11.5. The minimum Gasteiger partial charge on any atom is -0.508 e. The fourth-order valence-electron chi connectivity index (χ4n) is 6.09. The van der Waals surface area contributed by atoms with Gasteiger partial charge in [-0.2, -0.15) is 0 Å². The van der Waals surface area contributed by atoms with Gasteiger partial charge in [0, 0.05) is 11.8 Å². The van der Waals surface area contributed by atoms with Gasteiger partial charge in [-0.3, -0.25) is 4.79 Å². The molecule has 2 nitrogen and oxygen atoms in total. The Bertz CT molecular complexity index is 662. The predicted molar refractivity (Wildman–Crippen MR) is 96.3 cm³/mol. The molecule has 0 aromatic heterocycles. The maximum Gasteiger partial charge on any atom is 0.139 e. The Labute approximate surface area is 145 Å². The lowest BCUT2D eigenvalue weighted by Gasteiger charge is -2.53. The Morgan fingerprint density at radius 1 is 1.21 bits per heavy atom. The van der Waals surface area contributed by atoms with Crippen molar-refractivity contribution < 1.29 is 9.90 Å². The molecular formula is C22H30O2. The van der Waals surface area contributed by atoms with Crippen LogP contribution in [0.4, 0.5) is 0 Å². The molecule has 1 N–H and O–H groups in total. The number of aryl methyl sites for hydroxylation is 2. The largest absolute Gasteiger partial charge is 0.508 e. The van der Waals surface area contributed by atoms with Gasteiger partial charge < -0.3 is 5.11 Å². The summed E-state index contributed by atoms with van der Waals surface area (Å²) in [5.41, 5.74) is 3.91. The summed E-state index contributed by atoms with van der Waals surface area (Å²) in [4.78, 5) is 12.6. The van der Waals surface area contributed by atoms with Gasteiger partial charge in [0.15, 0.2) is 0 Å². The molecule has 2 fully saturated rings. The van der Waals surface area contributed by atoms with Crippen LogP contribution in [0, 0.1) is 17.3 Å². The molecule has 4 rings (SSSR count). The van der Waals surface area contributed by atoms with Gasteiger partial charge in [0.1, 0.15) is 11.5 Å². The molecule has 0 amide bonds. The molecule has 0 spiro atoms. The molecule has 130 valence electrons. The summed E-state index contributed by atoms with van der Waals surface area (Å²) in [5.74, 6) is 2.87. The third kappa shape index (κ3) is 2.33. The van der Waals surface area contributed by atoms with E-state index in [9.17, 15) is 9.90 Å². The van der Waals surface area contributed by atoms with Crippen LogP contribution >= 0.6 is 0 Å². The quantitative estimate of drug-likeness (QED) is 0.815. The Hall–Kier alpha value is -1.31. The lowest BCUT2D eigenvalue weighted by molar-refractivity contribution is -0.140. The zero-order valence-electron chi connectivity index (χ0n) is 15.1. The topological polar surface area (TPSA) is 37.3 Å². The number of ketones is 1. The van der Waals surface area contributed by atoms with Gasteiger partial charge >= 0.3 is 0 Å². The summed E-state index contributed by atoms with van der Waals surface area (Å²) < 4.78 is 0. The molecule has 3 aliphatic carbocycles. The first-order valence-electron chi connectivity index (χ1n) is 9.92. The highest BCUT2D eigenvalue weighted by Crippen LogP contribution is 2.58. The molecule has 2 saturated carbocycles. The maximum absolute atomic E-state index is 12.6. The van der Waals surface area contributed by atoms with Gasteiger partial charge in [-0.1, -0.05) is 26.3 Å². The van der Waals surface area contributed by atoms with Crippen LogP contribution in [0.2, 0.25) is 0 Å². The number of hydrogen-bond donors (Lipinski definition) is 1. The van der Waals surface area contributed by atoms with E-state index in [0.29, 0.717) is 29.3 Å². The van der Waals surface area contributed by atoms with E-state index in [1.807, 2.05) is 6.07 Å². The van der Waals surface area contributed by atoms with E-state index < -0.39 is 0 Å². The molecule has 0 unspecified atom stereocenters. The molecule has 4 atom stereocenters. The van der Waals surface area contributed by atoms with Gasteiger partial charge in [0.2, 0.25) is 0 Å². The third-order valence-electron chi connectivity index (χ3n) is 7.39. The van der Waals surface area contributed by atoms with Gasteiger partial charge in [0.25, 0.3) is 0 Å². The highest BCUT2D eigenvalue weighted by atomic mass is 16.3. The summed E-state index contributed by atoms with van der Waals surface area (Å²) in [7, 11) is 0. The van der Waals surface area contributed by atoms with Crippen LogP contribution in [0.3, 0.4) is 0 Å². The second-order valence-electron chi connectivity index (χ2n) is 8.62. The zero-order chi connectivity index (χ0) is 16.9. The van der Waals surface area contributed by atoms with Crippen molar-refractivity contribution in [2.24, 2.45) is 17.3 Å². The minimum absolute atomic E-state index is 0.0555. The van der Waals surface area contributed by atoms with Crippen molar-refractivity contribution in [2.45, 2.75) is 77.6 Å². The second kappa shape index (κ2) is 5.89. The number of phenols is 1. The Morgan fingerprint density at radius 2 is 2.04 bits per heavy atom. The second-order valence-corrected chi connectivity index (χ2v) is 8.62. The molecule has 0 aliphatic heterocycles. The first kappa shape index (κ1) is 16.2. The van der Waals surface area contributed by atoms with Crippen LogP contribution in [-0.4, -0.2) is 10.9 Å². The SMILES string of the molecule is CCCc1cc2c(cc1O)CC[C@@H]1[C@@H]2CC[C@]2(C)C(=O)CCC[C@@H]12. The summed E-state index contributed by atoms with van der Waals surface area (Å²) in [5, 5.41) is 10.3. The van der Waals surface area contributed by atoms with Crippen molar-refractivity contribution in [2.75, 3.05) is 0 Å². The molecule has 2 heteroatoms. The smallest absolute Gasteiger partial charge is 0.139 e. The number of carbonyl (C=O) groups is 1. The lowest BCUT2D eigenvalue weighted by atomic mass is 9.50. The molecule has 1 aromatic carbocycles. The van der Waals surface area contributed by atoms with Crippen LogP contribution in [0.15, 0.2) is 12.1 Å². The number of rotatable bonds is 2. The maximum atomic E-state index is 12.6. The molecule has 0 heterocycles. The summed E-state index contributed by atoms with van der Waals surface area (Å²) in [6.07, 6.45) is 9.61. The molecule has 3 aliphatic rings. The number of carbonyl (C=O) groups excluding carboxylic acids is 1. The number of hydrogen-bond acceptors (Lipinski definition) is 2. The van der Waals surface area contributed by atoms with E-state index in [4.69, 9.17) is 0 Å². The van der Waals surface area contributed by atoms with Crippen molar-refractivity contribution in [3.8, 4) is 5.75 Å². The van der Waals surface area contributed by atoms with Crippen molar-refractivity contribution in [1.82, 2.24) is 0 Å². The van der Waals surface area contributed by atoms with Gasteiger partial charge in [0.05, 0.1) is 0 Å². The first-order valence-corrected chi connectivity index (χ1v) is 9.92. The number of benzene rings is 1. The van der Waals surface area contributed by atoms with E-state index in [-0.39, 0.29) is 5.41 Å². The van der Waals surface area contributed by atoms with Crippen LogP contribution < -0.4 is 0 Å². The average molecular weight is 326 g/mol. The van der Waals surface area contributed by atoms with E-state index in [1.165, 1.54) is 24.0 Å². The van der Waals surface area contributed by atoms with Crippen LogP contribution in [0.25, 0.3) is 0 Å². The number of phenolic OH excluding ortho intramolecular Hbond substituents is 1. The van der Waals surface area contributed by atoms with E-state index >= 15 is 0 Å². The molecule has 0 saturated heterocycles. The normalized spacial score (nSPS) is 35.1. The standard InChI is InChI=1S/C22H30O2/c1-3-5-15-12-18-14(13-20(15)23)8-9-17-16(18)10-11-22(2)19(17)6-4-7-21(22)24/h12-13,16-17,19,23H,3-11H2,1-2H3/t16-,17+,19-,22-/m0/s1. The Balaban J connectivity index is 1.71. The van der Waals surface area contributed by atoms with Gasteiger partial charge in [-0.15, -0.1) is 0 Å². The fraction of sp³-hybridized carbons (Fsp3) is 0.682. The van der Waals surface area contributed by atoms with Crippen molar-refractivity contribution in [3.63, 3.8) is 0 Å². The number of aromatic hydroxyl groups is 1. The van der Waals surface area contributed by atoms with Crippen molar-refractivity contribution in [3.05, 3.63) is 28.8 Å². The Morgan fingerprint density at radius 3 is 2.83 bits per heavy atom. The zero-order valence-corrected chi connectivity index (χ0v) is 15.1. The highest BCUT2D eigenvalue weighted by Gasteiger charge is 2.52. The number of Topliss-reactive ketones (excluding diaryl/α,β-unsaturated/α-hetero) is 1. The van der Waals surface area contributed by atoms with Crippen LogP contribution in [0.1, 0.15) is 81.4 Å². The summed E-state index contributed by atoms with van der Waals surface area (Å²) in [6, 6.07) is 4.34. The third-order valence-corrected chi connectivity index (χ3v) is 7.39. The minimum atomic E-state index is -0.0555. The van der Waals surface area contributed by atoms with Crippen molar-refractivity contribution >= 4 is 5.78 Å². The molecule has 1 aromatic rings. The molecular weight excluding hydrogens is 296 g/mol. The molecule has 24 heavy (non-hydrogen) atoms. The van der Waals surface area contributed by atoms with E-state index in [1.54, 1.807) is 0 Å². The summed E-state index contributed by atoms with van der Waals surface area (Å²) in [6.45, 7) is 4.42. The lowest BCUT2D eigenvalue weighted by Crippen LogP contribution is -2.49. The van der Waals surface area contributed by atoms with Gasteiger partial charge in [-0.05, 0) is 85.5 Å². The fourth-order valence-corrected chi connectivity index (χ4v) is 6.09. The molecule has 0 radical (unpaired) electrons.